The third kappa shape index (κ3) is 7.38. The van der Waals surface area contributed by atoms with E-state index in [9.17, 15) is 4.79 Å². The third-order valence-corrected chi connectivity index (χ3v) is 13.3. The molecule has 242 valence electrons. The summed E-state index contributed by atoms with van der Waals surface area (Å²) >= 11 is 0. The van der Waals surface area contributed by atoms with Crippen molar-refractivity contribution in [1.29, 1.82) is 0 Å². The summed E-state index contributed by atoms with van der Waals surface area (Å²) < 4.78 is 22.7. The molecule has 0 spiro atoms. The first-order chi connectivity index (χ1) is 21.1. The number of pyridine rings is 2. The van der Waals surface area contributed by atoms with Crippen LogP contribution in [0.15, 0.2) is 48.9 Å². The number of carbonyl (C=O) groups excluding carboxylic acids is 1. The maximum atomic E-state index is 12.6. The Bertz CT molecular complexity index is 1610. The molecule has 45 heavy (non-hydrogen) atoms. The summed E-state index contributed by atoms with van der Waals surface area (Å²) in [6.45, 7) is 20.5. The van der Waals surface area contributed by atoms with Crippen LogP contribution in [-0.4, -0.2) is 74.2 Å². The summed E-state index contributed by atoms with van der Waals surface area (Å²) in [5, 5.41) is 13.8. The number of piperidine rings is 1. The lowest BCUT2D eigenvalue weighted by atomic mass is 10.0. The highest BCUT2D eigenvalue weighted by atomic mass is 28.4. The minimum Gasteiger partial charge on any atom is -0.479 e. The van der Waals surface area contributed by atoms with Crippen LogP contribution in [0.1, 0.15) is 77.9 Å². The van der Waals surface area contributed by atoms with Gasteiger partial charge in [0, 0.05) is 31.0 Å². The third-order valence-electron chi connectivity index (χ3n) is 8.82. The van der Waals surface area contributed by atoms with Gasteiger partial charge in [0.25, 0.3) is 0 Å². The van der Waals surface area contributed by atoms with Crippen LogP contribution in [0.4, 0.5) is 4.79 Å². The highest BCUT2D eigenvalue weighted by molar-refractivity contribution is 6.74. The number of rotatable bonds is 8. The lowest BCUT2D eigenvalue weighted by molar-refractivity contribution is 0.0183. The number of carbonyl (C=O) groups is 1. The van der Waals surface area contributed by atoms with Crippen LogP contribution in [0.2, 0.25) is 18.1 Å². The van der Waals surface area contributed by atoms with E-state index < -0.39 is 20.0 Å². The number of amides is 1. The molecule has 1 aliphatic heterocycles. The normalized spacial score (nSPS) is 15.8. The van der Waals surface area contributed by atoms with Gasteiger partial charge in [0.15, 0.2) is 14.4 Å². The van der Waals surface area contributed by atoms with Crippen molar-refractivity contribution < 1.29 is 18.7 Å². The molecule has 0 radical (unpaired) electrons. The Morgan fingerprint density at radius 3 is 2.44 bits per heavy atom. The molecular weight excluding hydrogens is 586 g/mol. The molecule has 5 rings (SSSR count). The molecule has 1 saturated heterocycles. The Labute approximate surface area is 267 Å². The zero-order chi connectivity index (χ0) is 32.6. The Morgan fingerprint density at radius 2 is 1.80 bits per heavy atom. The van der Waals surface area contributed by atoms with Crippen molar-refractivity contribution in [3.05, 3.63) is 60.3 Å². The van der Waals surface area contributed by atoms with Crippen LogP contribution in [0.3, 0.4) is 0 Å². The van der Waals surface area contributed by atoms with E-state index in [4.69, 9.17) is 13.9 Å². The van der Waals surface area contributed by atoms with E-state index in [1.807, 2.05) is 73.4 Å². The number of hydrogen-bond acceptors (Lipinski definition) is 8. The lowest BCUT2D eigenvalue weighted by Gasteiger charge is -2.37. The van der Waals surface area contributed by atoms with Gasteiger partial charge in [-0.25, -0.2) is 14.0 Å². The molecule has 0 N–H and O–H groups in total. The average Bonchev–Trinajstić information content (AvgIpc) is 3.61. The molecule has 0 bridgehead atoms. The van der Waals surface area contributed by atoms with Gasteiger partial charge < -0.3 is 18.8 Å². The van der Waals surface area contributed by atoms with Crippen molar-refractivity contribution in [3.63, 3.8) is 0 Å². The fraction of sp³-hybridized carbons (Fsp3) is 0.545. The molecule has 4 aromatic rings. The molecule has 0 aromatic carbocycles. The number of aromatic nitrogens is 6. The van der Waals surface area contributed by atoms with Crippen molar-refractivity contribution in [1.82, 2.24) is 34.5 Å². The van der Waals surface area contributed by atoms with Gasteiger partial charge in [0.1, 0.15) is 22.6 Å². The van der Waals surface area contributed by atoms with E-state index in [-0.39, 0.29) is 17.2 Å². The van der Waals surface area contributed by atoms with Gasteiger partial charge in [0.05, 0.1) is 30.2 Å². The summed E-state index contributed by atoms with van der Waals surface area (Å²) in [5.74, 6) is 0.666. The Balaban J connectivity index is 1.39. The number of hydrogen-bond donors (Lipinski definition) is 0. The molecule has 1 amide bonds. The van der Waals surface area contributed by atoms with E-state index in [0.29, 0.717) is 25.4 Å². The summed E-state index contributed by atoms with van der Waals surface area (Å²) in [7, 11) is -2.04. The number of likely N-dealkylation sites (tertiary alicyclic amines) is 1. The first kappa shape index (κ1) is 32.6. The molecular formula is C33H47N7O4Si. The minimum atomic E-state index is -2.04. The van der Waals surface area contributed by atoms with Gasteiger partial charge in [-0.3, -0.25) is 4.98 Å². The van der Waals surface area contributed by atoms with Gasteiger partial charge in [0.2, 0.25) is 0 Å². The lowest BCUT2D eigenvalue weighted by Crippen LogP contribution is -2.42. The maximum absolute atomic E-state index is 12.6. The molecule has 1 aliphatic rings. The molecule has 4 aromatic heterocycles. The molecule has 1 fully saturated rings. The minimum absolute atomic E-state index is 0.0655. The van der Waals surface area contributed by atoms with Crippen LogP contribution < -0.4 is 4.74 Å². The van der Waals surface area contributed by atoms with E-state index in [0.717, 1.165) is 41.0 Å². The van der Waals surface area contributed by atoms with Crippen molar-refractivity contribution in [3.8, 4) is 17.0 Å². The number of fused-ring (bicyclic) bond motifs is 1. The van der Waals surface area contributed by atoms with Gasteiger partial charge in [-0.05, 0) is 82.9 Å². The van der Waals surface area contributed by atoms with Crippen LogP contribution in [0, 0.1) is 6.92 Å². The average molecular weight is 634 g/mol. The molecule has 0 aliphatic carbocycles. The monoisotopic (exact) mass is 633 g/mol. The second kappa shape index (κ2) is 12.6. The summed E-state index contributed by atoms with van der Waals surface area (Å²) in [6, 6.07) is 9.92. The van der Waals surface area contributed by atoms with E-state index in [1.165, 1.54) is 0 Å². The maximum Gasteiger partial charge on any atom is 0.410 e. The molecule has 5 heterocycles. The van der Waals surface area contributed by atoms with Crippen molar-refractivity contribution in [2.75, 3.05) is 19.7 Å². The highest BCUT2D eigenvalue weighted by Crippen LogP contribution is 2.38. The molecule has 0 saturated carbocycles. The van der Waals surface area contributed by atoms with Crippen LogP contribution >= 0.6 is 0 Å². The highest BCUT2D eigenvalue weighted by Gasteiger charge is 2.38. The predicted octanol–water partition coefficient (Wildman–Crippen LogP) is 7.01. The Hall–Kier alpha value is -3.77. The van der Waals surface area contributed by atoms with Crippen LogP contribution in [0.5, 0.6) is 5.75 Å². The van der Waals surface area contributed by atoms with Gasteiger partial charge in [-0.15, -0.1) is 5.10 Å². The summed E-state index contributed by atoms with van der Waals surface area (Å²) in [5.41, 5.74) is 3.69. The van der Waals surface area contributed by atoms with Crippen LogP contribution in [0.25, 0.3) is 16.8 Å². The molecule has 0 unspecified atom stereocenters. The van der Waals surface area contributed by atoms with E-state index in [1.54, 1.807) is 17.3 Å². The molecule has 12 heteroatoms. The van der Waals surface area contributed by atoms with Crippen LogP contribution in [-0.2, 0) is 9.16 Å². The second-order valence-corrected chi connectivity index (χ2v) is 19.2. The first-order valence-electron chi connectivity index (χ1n) is 15.7. The topological polar surface area (TPSA) is 109 Å². The number of nitrogens with zero attached hydrogens (tertiary/aromatic N) is 7. The second-order valence-electron chi connectivity index (χ2n) is 14.4. The van der Waals surface area contributed by atoms with E-state index >= 15 is 0 Å². The first-order valence-corrected chi connectivity index (χ1v) is 18.6. The van der Waals surface area contributed by atoms with Gasteiger partial charge >= 0.3 is 6.09 Å². The predicted molar refractivity (Wildman–Crippen MR) is 176 cm³/mol. The van der Waals surface area contributed by atoms with Crippen molar-refractivity contribution in [2.45, 2.75) is 97.2 Å². The molecule has 11 nitrogen and oxygen atoms in total. The Morgan fingerprint density at radius 1 is 1.07 bits per heavy atom. The SMILES string of the molecule is Cc1c(-c2cc(O[C@@H](CO[Si](C)(C)C(C)(C)C)c3ccccn3)c3ccnn3c2)nnn1C1CCN(C(=O)OC(C)(C)C)CC1. The quantitative estimate of drug-likeness (QED) is 0.191. The van der Waals surface area contributed by atoms with Gasteiger partial charge in [-0.1, -0.05) is 32.1 Å². The molecule has 1 atom stereocenters. The van der Waals surface area contributed by atoms with E-state index in [2.05, 4.69) is 54.3 Å². The number of ether oxygens (including phenoxy) is 2. The standard InChI is InChI=1S/C33H47N7O4Si/c1-23-30(36-37-40(23)25-14-18-38(19-15-25)31(41)44-32(2,3)4)24-20-28(27-13-17-35-39(27)21-24)43-29(26-12-10-11-16-34-26)22-42-45(8,9)33(5,6)7/h10-13,16-17,20-21,25,29H,14-15,18-19,22H2,1-9H3/t29-/m0/s1. The van der Waals surface area contributed by atoms with Gasteiger partial charge in [-0.2, -0.15) is 5.10 Å². The summed E-state index contributed by atoms with van der Waals surface area (Å²) in [6.07, 6.45) is 6.36. The smallest absolute Gasteiger partial charge is 0.410 e. The zero-order valence-electron chi connectivity index (χ0n) is 28.1. The van der Waals surface area contributed by atoms with Crippen molar-refractivity contribution in [2.24, 2.45) is 0 Å². The van der Waals surface area contributed by atoms with Crippen molar-refractivity contribution >= 4 is 19.9 Å². The largest absolute Gasteiger partial charge is 0.479 e. The fourth-order valence-corrected chi connectivity index (χ4v) is 6.20. The summed E-state index contributed by atoms with van der Waals surface area (Å²) in [4.78, 5) is 19.0. The fourth-order valence-electron chi connectivity index (χ4n) is 5.19. The Kier molecular flexibility index (Phi) is 9.10. The zero-order valence-corrected chi connectivity index (χ0v) is 29.1.